The largest absolute Gasteiger partial charge is 0.459 e. The number of nitrogens with one attached hydrogen (secondary N) is 2. The molecule has 0 amide bonds. The van der Waals surface area contributed by atoms with Crippen molar-refractivity contribution in [3.05, 3.63) is 35.6 Å². The molecule has 1 aromatic heterocycles. The van der Waals surface area contributed by atoms with Crippen LogP contribution >= 0.6 is 0 Å². The molecule has 0 radical (unpaired) electrons. The van der Waals surface area contributed by atoms with Gasteiger partial charge in [0.1, 0.15) is 11.3 Å². The first kappa shape index (κ1) is 14.6. The molecule has 1 aliphatic heterocycles. The van der Waals surface area contributed by atoms with E-state index in [2.05, 4.69) is 23.0 Å². The topological polar surface area (TPSA) is 71.3 Å². The van der Waals surface area contributed by atoms with Gasteiger partial charge in [0.2, 0.25) is 10.0 Å². The maximum Gasteiger partial charge on any atom is 0.211 e. The lowest BCUT2D eigenvalue weighted by molar-refractivity contribution is 0.486. The minimum atomic E-state index is -3.03. The Morgan fingerprint density at radius 1 is 1.43 bits per heavy atom. The highest BCUT2D eigenvalue weighted by Crippen LogP contribution is 2.23. The summed E-state index contributed by atoms with van der Waals surface area (Å²) < 4.78 is 31.1. The van der Waals surface area contributed by atoms with Crippen LogP contribution in [-0.2, 0) is 23.0 Å². The van der Waals surface area contributed by atoms with Crippen LogP contribution in [0.2, 0.25) is 0 Å². The molecule has 0 saturated carbocycles. The van der Waals surface area contributed by atoms with Gasteiger partial charge in [0, 0.05) is 18.0 Å². The van der Waals surface area contributed by atoms with Crippen LogP contribution < -0.4 is 10.0 Å². The zero-order valence-electron chi connectivity index (χ0n) is 12.1. The van der Waals surface area contributed by atoms with E-state index in [1.165, 1.54) is 5.56 Å². The smallest absolute Gasteiger partial charge is 0.211 e. The summed E-state index contributed by atoms with van der Waals surface area (Å²) in [4.78, 5) is 0. The first-order valence-corrected chi connectivity index (χ1v) is 8.93. The normalized spacial score (nSPS) is 21.1. The van der Waals surface area contributed by atoms with Crippen molar-refractivity contribution in [1.82, 2.24) is 10.0 Å². The van der Waals surface area contributed by atoms with Gasteiger partial charge >= 0.3 is 0 Å². The lowest BCUT2D eigenvalue weighted by atomic mass is 10.1. The van der Waals surface area contributed by atoms with E-state index in [1.54, 1.807) is 0 Å². The van der Waals surface area contributed by atoms with Gasteiger partial charge in [0.25, 0.3) is 0 Å². The van der Waals surface area contributed by atoms with Gasteiger partial charge in [-0.25, -0.2) is 13.1 Å². The molecule has 21 heavy (non-hydrogen) atoms. The number of para-hydroxylation sites is 1. The van der Waals surface area contributed by atoms with Crippen LogP contribution in [0.5, 0.6) is 0 Å². The third-order valence-electron chi connectivity index (χ3n) is 3.83. The first-order chi connectivity index (χ1) is 10.1. The van der Waals surface area contributed by atoms with Gasteiger partial charge in [0.05, 0.1) is 12.3 Å². The lowest BCUT2D eigenvalue weighted by Gasteiger charge is -2.08. The van der Waals surface area contributed by atoms with Crippen LogP contribution in [-0.4, -0.2) is 26.8 Å². The zero-order chi connectivity index (χ0) is 14.9. The van der Waals surface area contributed by atoms with E-state index in [0.29, 0.717) is 19.5 Å². The van der Waals surface area contributed by atoms with Crippen molar-refractivity contribution in [3.8, 4) is 0 Å². The summed E-state index contributed by atoms with van der Waals surface area (Å²) in [5.41, 5.74) is 2.17. The molecule has 0 bridgehead atoms. The van der Waals surface area contributed by atoms with Gasteiger partial charge in [-0.15, -0.1) is 0 Å². The average molecular weight is 308 g/mol. The van der Waals surface area contributed by atoms with Crippen molar-refractivity contribution >= 4 is 21.0 Å². The number of furan rings is 1. The van der Waals surface area contributed by atoms with E-state index in [1.807, 2.05) is 18.2 Å². The molecule has 1 fully saturated rings. The molecular weight excluding hydrogens is 288 g/mol. The SMILES string of the molecule is CCc1cccc2cc(CNCC3CCS(=O)(=O)N3)oc12. The fourth-order valence-electron chi connectivity index (χ4n) is 2.72. The number of hydrogen-bond acceptors (Lipinski definition) is 4. The Hall–Kier alpha value is -1.37. The molecule has 6 heteroatoms. The molecule has 1 aliphatic rings. The zero-order valence-corrected chi connectivity index (χ0v) is 12.9. The minimum absolute atomic E-state index is 0.00872. The van der Waals surface area contributed by atoms with Crippen LogP contribution in [0, 0.1) is 0 Å². The number of aryl methyl sites for hydroxylation is 1. The summed E-state index contributed by atoms with van der Waals surface area (Å²) in [6, 6.07) is 8.20. The molecule has 1 atom stereocenters. The summed E-state index contributed by atoms with van der Waals surface area (Å²) >= 11 is 0. The predicted octanol–water partition coefficient (Wildman–Crippen LogP) is 1.78. The third kappa shape index (κ3) is 3.28. The monoisotopic (exact) mass is 308 g/mol. The Balaban J connectivity index is 1.61. The van der Waals surface area contributed by atoms with Crippen molar-refractivity contribution in [3.63, 3.8) is 0 Å². The van der Waals surface area contributed by atoms with Crippen LogP contribution in [0.15, 0.2) is 28.7 Å². The maximum atomic E-state index is 11.3. The second kappa shape index (κ2) is 5.79. The van der Waals surface area contributed by atoms with Crippen molar-refractivity contribution in [2.24, 2.45) is 0 Å². The Kier molecular flexibility index (Phi) is 4.01. The van der Waals surface area contributed by atoms with Gasteiger partial charge in [-0.05, 0) is 24.5 Å². The Bertz CT molecular complexity index is 736. The summed E-state index contributed by atoms with van der Waals surface area (Å²) in [6.45, 7) is 3.34. The van der Waals surface area contributed by atoms with Crippen LogP contribution in [0.25, 0.3) is 11.0 Å². The molecule has 5 nitrogen and oxygen atoms in total. The molecule has 3 rings (SSSR count). The number of hydrogen-bond donors (Lipinski definition) is 2. The summed E-state index contributed by atoms with van der Waals surface area (Å²) in [7, 11) is -3.03. The van der Waals surface area contributed by atoms with Crippen LogP contribution in [0.1, 0.15) is 24.7 Å². The molecule has 1 aromatic carbocycles. The number of fused-ring (bicyclic) bond motifs is 1. The summed E-state index contributed by atoms with van der Waals surface area (Å²) in [5, 5.41) is 4.38. The van der Waals surface area contributed by atoms with Gasteiger partial charge in [-0.3, -0.25) is 0 Å². The predicted molar refractivity (Wildman–Crippen MR) is 82.6 cm³/mol. The second-order valence-electron chi connectivity index (χ2n) is 5.45. The van der Waals surface area contributed by atoms with Crippen molar-refractivity contribution in [2.75, 3.05) is 12.3 Å². The van der Waals surface area contributed by atoms with E-state index in [-0.39, 0.29) is 11.8 Å². The van der Waals surface area contributed by atoms with E-state index in [0.717, 1.165) is 23.2 Å². The molecule has 2 heterocycles. The van der Waals surface area contributed by atoms with E-state index >= 15 is 0 Å². The maximum absolute atomic E-state index is 11.3. The standard InChI is InChI=1S/C15H20N2O3S/c1-2-11-4-3-5-12-8-14(20-15(11)12)10-16-9-13-6-7-21(18,19)17-13/h3-5,8,13,16-17H,2,6-7,9-10H2,1H3. The fraction of sp³-hybridized carbons (Fsp3) is 0.467. The summed E-state index contributed by atoms with van der Waals surface area (Å²) in [5.74, 6) is 1.11. The molecule has 1 unspecified atom stereocenters. The Labute approximate surface area is 124 Å². The number of sulfonamides is 1. The highest BCUT2D eigenvalue weighted by atomic mass is 32.2. The Morgan fingerprint density at radius 3 is 3.00 bits per heavy atom. The van der Waals surface area contributed by atoms with E-state index < -0.39 is 10.0 Å². The number of benzene rings is 1. The molecule has 2 N–H and O–H groups in total. The van der Waals surface area contributed by atoms with Gasteiger partial charge in [-0.2, -0.15) is 0 Å². The number of rotatable bonds is 5. The van der Waals surface area contributed by atoms with Crippen LogP contribution in [0.3, 0.4) is 0 Å². The van der Waals surface area contributed by atoms with E-state index in [4.69, 9.17) is 4.42 Å². The molecular formula is C15H20N2O3S. The van der Waals surface area contributed by atoms with Gasteiger partial charge < -0.3 is 9.73 Å². The lowest BCUT2D eigenvalue weighted by Crippen LogP contribution is -2.35. The van der Waals surface area contributed by atoms with Crippen molar-refractivity contribution in [1.29, 1.82) is 0 Å². The van der Waals surface area contributed by atoms with Crippen molar-refractivity contribution < 1.29 is 12.8 Å². The van der Waals surface area contributed by atoms with Crippen molar-refractivity contribution in [2.45, 2.75) is 32.4 Å². The fourth-order valence-corrected chi connectivity index (χ4v) is 4.15. The molecule has 1 saturated heterocycles. The van der Waals surface area contributed by atoms with Gasteiger partial charge in [0.15, 0.2) is 0 Å². The average Bonchev–Trinajstić information content (AvgIpc) is 3.01. The van der Waals surface area contributed by atoms with E-state index in [9.17, 15) is 8.42 Å². The Morgan fingerprint density at radius 2 is 2.29 bits per heavy atom. The third-order valence-corrected chi connectivity index (χ3v) is 5.29. The quantitative estimate of drug-likeness (QED) is 0.883. The minimum Gasteiger partial charge on any atom is -0.459 e. The molecule has 0 spiro atoms. The summed E-state index contributed by atoms with van der Waals surface area (Å²) in [6.07, 6.45) is 1.61. The highest BCUT2D eigenvalue weighted by Gasteiger charge is 2.26. The highest BCUT2D eigenvalue weighted by molar-refractivity contribution is 7.89. The van der Waals surface area contributed by atoms with Gasteiger partial charge in [-0.1, -0.05) is 25.1 Å². The first-order valence-electron chi connectivity index (χ1n) is 7.28. The van der Waals surface area contributed by atoms with Crippen LogP contribution in [0.4, 0.5) is 0 Å². The molecule has 0 aliphatic carbocycles. The molecule has 114 valence electrons. The second-order valence-corrected chi connectivity index (χ2v) is 7.33. The molecule has 2 aromatic rings.